The molecule has 196 valence electrons. The molecule has 8 nitrogen and oxygen atoms in total. The number of hydrogen-bond acceptors (Lipinski definition) is 8. The molecule has 0 saturated carbocycles. The molecule has 1 aliphatic rings. The van der Waals surface area contributed by atoms with Crippen LogP contribution in [0.5, 0.6) is 11.5 Å². The first-order chi connectivity index (χ1) is 18.2. The second-order valence-electron chi connectivity index (χ2n) is 8.20. The Labute approximate surface area is 224 Å². The van der Waals surface area contributed by atoms with Crippen LogP contribution in [-0.2, 0) is 6.61 Å². The quantitative estimate of drug-likeness (QED) is 0.253. The van der Waals surface area contributed by atoms with Gasteiger partial charge in [-0.25, -0.2) is 9.97 Å². The zero-order chi connectivity index (χ0) is 26.9. The summed E-state index contributed by atoms with van der Waals surface area (Å²) in [4.78, 5) is 12.9. The average Bonchev–Trinajstić information content (AvgIpc) is 3.38. The number of alkyl halides is 3. The summed E-state index contributed by atoms with van der Waals surface area (Å²) in [6, 6.07) is 8.52. The van der Waals surface area contributed by atoms with E-state index in [9.17, 15) is 13.2 Å². The molecule has 0 fully saturated rings. The number of halogens is 5. The number of methoxy groups -OCH3 is 1. The molecule has 0 bridgehead atoms. The second-order valence-corrected chi connectivity index (χ2v) is 9.02. The number of rotatable bonds is 7. The molecule has 13 heteroatoms. The molecule has 1 atom stereocenters. The van der Waals surface area contributed by atoms with Crippen LogP contribution in [0.3, 0.4) is 0 Å². The molecular formula is C25H18Cl2F3N5O3. The zero-order valence-electron chi connectivity index (χ0n) is 19.6. The van der Waals surface area contributed by atoms with Crippen molar-refractivity contribution in [2.24, 2.45) is 5.92 Å². The van der Waals surface area contributed by atoms with Gasteiger partial charge in [-0.05, 0) is 30.7 Å². The van der Waals surface area contributed by atoms with E-state index in [1.165, 1.54) is 25.6 Å². The molecular weight excluding hydrogens is 546 g/mol. The molecule has 4 aromatic rings. The minimum absolute atomic E-state index is 0.0764. The third-order valence-electron chi connectivity index (χ3n) is 5.70. The van der Waals surface area contributed by atoms with E-state index >= 15 is 0 Å². The first kappa shape index (κ1) is 25.8. The molecule has 2 aromatic heterocycles. The van der Waals surface area contributed by atoms with Crippen molar-refractivity contribution >= 4 is 51.2 Å². The first-order valence-electron chi connectivity index (χ1n) is 11.2. The summed E-state index contributed by atoms with van der Waals surface area (Å²) in [6.45, 7) is -0.0764. The highest BCUT2D eigenvalue weighted by Gasteiger charge is 2.38. The average molecular weight is 564 g/mol. The fourth-order valence-corrected chi connectivity index (χ4v) is 4.04. The summed E-state index contributed by atoms with van der Waals surface area (Å²) in [5, 5.41) is 8.55. The number of benzene rings is 2. The van der Waals surface area contributed by atoms with Crippen LogP contribution in [0.25, 0.3) is 16.5 Å². The van der Waals surface area contributed by atoms with Gasteiger partial charge in [0, 0.05) is 22.7 Å². The maximum Gasteiger partial charge on any atom is 0.395 e. The monoisotopic (exact) mass is 563 g/mol. The fraction of sp³-hybridized carbons (Fsp3) is 0.200. The number of nitrogens with one attached hydrogen (secondary N) is 1. The molecule has 38 heavy (non-hydrogen) atoms. The molecule has 0 radical (unpaired) electrons. The predicted molar refractivity (Wildman–Crippen MR) is 136 cm³/mol. The topological polar surface area (TPSA) is 95.2 Å². The lowest BCUT2D eigenvalue weighted by molar-refractivity contribution is -0.160. The Kier molecular flexibility index (Phi) is 7.13. The number of nitrogens with zero attached hydrogens (tertiary/aromatic N) is 4. The van der Waals surface area contributed by atoms with Crippen molar-refractivity contribution in [1.29, 1.82) is 0 Å². The van der Waals surface area contributed by atoms with Gasteiger partial charge >= 0.3 is 6.18 Å². The van der Waals surface area contributed by atoms with Crippen LogP contribution in [0.4, 0.5) is 24.7 Å². The Bertz CT molecular complexity index is 1560. The molecule has 1 aliphatic carbocycles. The van der Waals surface area contributed by atoms with E-state index in [-0.39, 0.29) is 24.7 Å². The van der Waals surface area contributed by atoms with Crippen LogP contribution in [-0.4, -0.2) is 33.4 Å². The minimum atomic E-state index is -4.30. The van der Waals surface area contributed by atoms with Gasteiger partial charge in [-0.15, -0.1) is 0 Å². The van der Waals surface area contributed by atoms with Crippen LogP contribution in [0.1, 0.15) is 18.1 Å². The van der Waals surface area contributed by atoms with Crippen LogP contribution >= 0.6 is 23.2 Å². The minimum Gasteiger partial charge on any atom is -0.493 e. The van der Waals surface area contributed by atoms with Crippen LogP contribution in [0.15, 0.2) is 59.4 Å². The summed E-state index contributed by atoms with van der Waals surface area (Å²) in [5.74, 6) is 0.0823. The van der Waals surface area contributed by atoms with Crippen molar-refractivity contribution in [3.05, 3.63) is 76.6 Å². The van der Waals surface area contributed by atoms with Gasteiger partial charge in [-0.3, -0.25) is 0 Å². The number of hydrogen-bond donors (Lipinski definition) is 1. The summed E-state index contributed by atoms with van der Waals surface area (Å²) in [6.07, 6.45) is 0.750. The highest BCUT2D eigenvalue weighted by molar-refractivity contribution is 6.42. The van der Waals surface area contributed by atoms with Crippen molar-refractivity contribution in [1.82, 2.24) is 20.1 Å². The zero-order valence-corrected chi connectivity index (χ0v) is 21.1. The van der Waals surface area contributed by atoms with Gasteiger partial charge in [0.1, 0.15) is 12.1 Å². The highest BCUT2D eigenvalue weighted by atomic mass is 35.5. The maximum absolute atomic E-state index is 12.9. The van der Waals surface area contributed by atoms with E-state index in [1.807, 2.05) is 0 Å². The molecule has 0 aliphatic heterocycles. The predicted octanol–water partition coefficient (Wildman–Crippen LogP) is 7.17. The van der Waals surface area contributed by atoms with Crippen LogP contribution in [0, 0.1) is 5.92 Å². The summed E-state index contributed by atoms with van der Waals surface area (Å²) in [5.41, 5.74) is 1.68. The number of aromatic nitrogens is 4. The van der Waals surface area contributed by atoms with Gasteiger partial charge in [-0.1, -0.05) is 46.6 Å². The number of allylic oxidation sites excluding steroid dienone is 4. The van der Waals surface area contributed by atoms with E-state index in [4.69, 9.17) is 37.2 Å². The maximum atomic E-state index is 12.9. The lowest BCUT2D eigenvalue weighted by Crippen LogP contribution is -2.21. The van der Waals surface area contributed by atoms with Crippen molar-refractivity contribution in [2.45, 2.75) is 19.2 Å². The van der Waals surface area contributed by atoms with Crippen LogP contribution < -0.4 is 14.8 Å². The largest absolute Gasteiger partial charge is 0.493 e. The molecule has 1 unspecified atom stereocenters. The summed E-state index contributed by atoms with van der Waals surface area (Å²) < 4.78 is 55.2. The van der Waals surface area contributed by atoms with Gasteiger partial charge < -0.3 is 19.3 Å². The van der Waals surface area contributed by atoms with Gasteiger partial charge in [0.05, 0.1) is 28.6 Å². The van der Waals surface area contributed by atoms with Gasteiger partial charge in [0.15, 0.2) is 18.1 Å². The molecule has 1 N–H and O–H groups in total. The van der Waals surface area contributed by atoms with Crippen molar-refractivity contribution in [2.75, 3.05) is 12.4 Å². The van der Waals surface area contributed by atoms with E-state index in [0.29, 0.717) is 49.5 Å². The van der Waals surface area contributed by atoms with Gasteiger partial charge in [0.25, 0.3) is 5.89 Å². The van der Waals surface area contributed by atoms with Gasteiger partial charge in [-0.2, -0.15) is 18.2 Å². The number of ether oxygens (including phenoxy) is 2. The Balaban J connectivity index is 1.32. The van der Waals surface area contributed by atoms with E-state index < -0.39 is 12.1 Å². The second kappa shape index (κ2) is 10.5. The SMILES string of the molecule is COc1cc2c(Nc3ccc(Cl)c(Cl)c3)ncnc2cc1OCc1noc(C2=CCC(C(F)(F)F)C=C2)n1. The standard InChI is InChI=1S/C25H18Cl2F3N5O3/c1-36-20-9-16-19(31-12-32-23(16)33-15-6-7-17(26)18(27)8-15)10-21(20)37-11-22-34-24(38-35-22)13-2-4-14(5-3-13)25(28,29)30/h2-4,6-10,12,14H,5,11H2,1H3,(H,31,32,33). The summed E-state index contributed by atoms with van der Waals surface area (Å²) in [7, 11) is 1.49. The lowest BCUT2D eigenvalue weighted by atomic mass is 9.96. The first-order valence-corrected chi connectivity index (χ1v) is 11.9. The third-order valence-corrected chi connectivity index (χ3v) is 6.43. The van der Waals surface area contributed by atoms with Crippen molar-refractivity contribution in [3.63, 3.8) is 0 Å². The highest BCUT2D eigenvalue weighted by Crippen LogP contribution is 2.37. The molecule has 0 spiro atoms. The smallest absolute Gasteiger partial charge is 0.395 e. The third kappa shape index (κ3) is 5.53. The molecule has 0 amide bonds. The Hall–Kier alpha value is -3.83. The van der Waals surface area contributed by atoms with Crippen molar-refractivity contribution < 1.29 is 27.2 Å². The fourth-order valence-electron chi connectivity index (χ4n) is 3.74. The molecule has 2 aromatic carbocycles. The normalized spacial score (nSPS) is 15.4. The number of fused-ring (bicyclic) bond motifs is 1. The van der Waals surface area contributed by atoms with E-state index in [0.717, 1.165) is 6.08 Å². The van der Waals surface area contributed by atoms with Gasteiger partial charge in [0.2, 0.25) is 5.82 Å². The Morgan fingerprint density at radius 1 is 1.11 bits per heavy atom. The molecule has 2 heterocycles. The number of anilines is 2. The van der Waals surface area contributed by atoms with E-state index in [1.54, 1.807) is 30.3 Å². The molecule has 5 rings (SSSR count). The van der Waals surface area contributed by atoms with E-state index in [2.05, 4.69) is 25.4 Å². The molecule has 0 saturated heterocycles. The lowest BCUT2D eigenvalue weighted by Gasteiger charge is -2.17. The Morgan fingerprint density at radius 3 is 2.66 bits per heavy atom. The summed E-state index contributed by atoms with van der Waals surface area (Å²) >= 11 is 12.1. The van der Waals surface area contributed by atoms with Crippen LogP contribution in [0.2, 0.25) is 10.0 Å². The Morgan fingerprint density at radius 2 is 1.95 bits per heavy atom. The van der Waals surface area contributed by atoms with Crippen molar-refractivity contribution in [3.8, 4) is 11.5 Å².